The van der Waals surface area contributed by atoms with Gasteiger partial charge >= 0.3 is 5.97 Å². The summed E-state index contributed by atoms with van der Waals surface area (Å²) >= 11 is 1.69. The van der Waals surface area contributed by atoms with Crippen molar-refractivity contribution in [3.8, 4) is 0 Å². The second-order valence-corrected chi connectivity index (χ2v) is 10.1. The molecule has 176 valence electrons. The van der Waals surface area contributed by atoms with Gasteiger partial charge in [-0.15, -0.1) is 0 Å². The largest absolute Gasteiger partial charge is 0.480 e. The first kappa shape index (κ1) is 23.5. The van der Waals surface area contributed by atoms with E-state index in [0.717, 1.165) is 42.5 Å². The van der Waals surface area contributed by atoms with E-state index < -0.39 is 12.0 Å². The number of nitrogens with zero attached hydrogens (tertiary/aromatic N) is 2. The number of aromatic nitrogens is 2. The summed E-state index contributed by atoms with van der Waals surface area (Å²) in [5.74, 6) is -0.101. The van der Waals surface area contributed by atoms with E-state index in [1.807, 2.05) is 26.0 Å². The zero-order valence-corrected chi connectivity index (χ0v) is 20.2. The fraction of sp³-hybridized carbons (Fsp3) is 0.500. The summed E-state index contributed by atoms with van der Waals surface area (Å²) in [4.78, 5) is 29.5. The Morgan fingerprint density at radius 3 is 2.70 bits per heavy atom. The first-order chi connectivity index (χ1) is 16.0. The van der Waals surface area contributed by atoms with Crippen LogP contribution in [0.1, 0.15) is 86.6 Å². The van der Waals surface area contributed by atoms with Crippen molar-refractivity contribution in [3.05, 3.63) is 52.0 Å². The van der Waals surface area contributed by atoms with Crippen molar-refractivity contribution >= 4 is 34.2 Å². The molecule has 7 heteroatoms. The Labute approximate surface area is 199 Å². The van der Waals surface area contributed by atoms with Crippen LogP contribution in [0.3, 0.4) is 0 Å². The molecule has 0 spiro atoms. The van der Waals surface area contributed by atoms with Crippen molar-refractivity contribution in [1.29, 1.82) is 0 Å². The molecule has 1 aliphatic carbocycles. The standard InChI is InChI=1S/C26H33N3O3S/c1-3-17(2)13-22(26(31)32)28-25(30)19-9-10-23-21(15-19)27-24(14-18-11-12-33-16-18)29(23)20-7-5-4-6-8-20/h9-12,15-17,20,22H,3-8,13-14H2,1-2H3,(H,28,30)(H,31,32). The molecular formula is C26H33N3O3S. The molecular weight excluding hydrogens is 434 g/mol. The van der Waals surface area contributed by atoms with Crippen LogP contribution in [0.25, 0.3) is 11.0 Å². The van der Waals surface area contributed by atoms with Crippen LogP contribution >= 0.6 is 11.3 Å². The van der Waals surface area contributed by atoms with E-state index >= 15 is 0 Å². The molecule has 2 aromatic heterocycles. The monoisotopic (exact) mass is 467 g/mol. The molecule has 1 fully saturated rings. The minimum atomic E-state index is -0.996. The van der Waals surface area contributed by atoms with Crippen LogP contribution in [0, 0.1) is 5.92 Å². The predicted molar refractivity (Wildman–Crippen MR) is 132 cm³/mol. The molecule has 2 atom stereocenters. The van der Waals surface area contributed by atoms with Crippen molar-refractivity contribution < 1.29 is 14.7 Å². The van der Waals surface area contributed by atoms with Crippen LogP contribution in [0.2, 0.25) is 0 Å². The highest BCUT2D eigenvalue weighted by Gasteiger charge is 2.25. The SMILES string of the molecule is CCC(C)CC(NC(=O)c1ccc2c(c1)nc(Cc1ccsc1)n2C1CCCCC1)C(=O)O. The van der Waals surface area contributed by atoms with Gasteiger partial charge in [0.05, 0.1) is 11.0 Å². The van der Waals surface area contributed by atoms with Gasteiger partial charge in [0.1, 0.15) is 11.9 Å². The Morgan fingerprint density at radius 2 is 2.03 bits per heavy atom. The van der Waals surface area contributed by atoms with Crippen LogP contribution < -0.4 is 5.32 Å². The molecule has 2 unspecified atom stereocenters. The lowest BCUT2D eigenvalue weighted by Gasteiger charge is -2.25. The number of rotatable bonds is 9. The summed E-state index contributed by atoms with van der Waals surface area (Å²) in [6.45, 7) is 4.02. The second-order valence-electron chi connectivity index (χ2n) is 9.32. The van der Waals surface area contributed by atoms with Gasteiger partial charge in [0.15, 0.2) is 0 Å². The van der Waals surface area contributed by atoms with E-state index in [9.17, 15) is 14.7 Å². The Kier molecular flexibility index (Phi) is 7.48. The first-order valence-electron chi connectivity index (χ1n) is 12.0. The third-order valence-electron chi connectivity index (χ3n) is 6.85. The molecule has 1 aromatic carbocycles. The molecule has 33 heavy (non-hydrogen) atoms. The van der Waals surface area contributed by atoms with Crippen LogP contribution in [0.5, 0.6) is 0 Å². The molecule has 2 heterocycles. The van der Waals surface area contributed by atoms with E-state index in [2.05, 4.69) is 26.7 Å². The van der Waals surface area contributed by atoms with E-state index in [1.165, 1.54) is 24.8 Å². The number of amides is 1. The zero-order valence-electron chi connectivity index (χ0n) is 19.4. The van der Waals surface area contributed by atoms with Crippen molar-refractivity contribution in [3.63, 3.8) is 0 Å². The van der Waals surface area contributed by atoms with E-state index in [-0.39, 0.29) is 11.8 Å². The number of benzene rings is 1. The average molecular weight is 468 g/mol. The number of aliphatic carboxylic acids is 1. The molecule has 6 nitrogen and oxygen atoms in total. The predicted octanol–water partition coefficient (Wildman–Crippen LogP) is 5.81. The average Bonchev–Trinajstić information content (AvgIpc) is 3.45. The van der Waals surface area contributed by atoms with Crippen molar-refractivity contribution in [2.45, 2.75) is 77.3 Å². The first-order valence-corrected chi connectivity index (χ1v) is 13.0. The summed E-state index contributed by atoms with van der Waals surface area (Å²) in [7, 11) is 0. The van der Waals surface area contributed by atoms with Gasteiger partial charge in [-0.05, 0) is 65.8 Å². The Balaban J connectivity index is 1.63. The van der Waals surface area contributed by atoms with Crippen LogP contribution in [0.15, 0.2) is 35.0 Å². The Morgan fingerprint density at radius 1 is 1.24 bits per heavy atom. The maximum atomic E-state index is 12.9. The molecule has 1 amide bonds. The number of carbonyl (C=O) groups excluding carboxylic acids is 1. The lowest BCUT2D eigenvalue weighted by Crippen LogP contribution is -2.41. The van der Waals surface area contributed by atoms with Gasteiger partial charge in [0, 0.05) is 18.0 Å². The lowest BCUT2D eigenvalue weighted by atomic mass is 9.95. The summed E-state index contributed by atoms with van der Waals surface area (Å²) in [5, 5.41) is 16.5. The highest BCUT2D eigenvalue weighted by Crippen LogP contribution is 2.33. The van der Waals surface area contributed by atoms with Gasteiger partial charge in [-0.1, -0.05) is 39.5 Å². The van der Waals surface area contributed by atoms with Crippen molar-refractivity contribution in [2.75, 3.05) is 0 Å². The fourth-order valence-corrected chi connectivity index (χ4v) is 5.44. The van der Waals surface area contributed by atoms with Gasteiger partial charge < -0.3 is 15.0 Å². The van der Waals surface area contributed by atoms with Gasteiger partial charge in [0.25, 0.3) is 5.91 Å². The number of carboxylic acids is 1. The smallest absolute Gasteiger partial charge is 0.326 e. The molecule has 1 aliphatic rings. The zero-order chi connectivity index (χ0) is 23.4. The third-order valence-corrected chi connectivity index (χ3v) is 7.58. The fourth-order valence-electron chi connectivity index (χ4n) is 4.77. The molecule has 4 rings (SSSR count). The second kappa shape index (κ2) is 10.5. The van der Waals surface area contributed by atoms with Crippen LogP contribution in [-0.4, -0.2) is 32.6 Å². The molecule has 0 radical (unpaired) electrons. The lowest BCUT2D eigenvalue weighted by molar-refractivity contribution is -0.139. The van der Waals surface area contributed by atoms with E-state index in [4.69, 9.17) is 4.98 Å². The molecule has 3 aromatic rings. The maximum Gasteiger partial charge on any atom is 0.326 e. The highest BCUT2D eigenvalue weighted by atomic mass is 32.1. The van der Waals surface area contributed by atoms with E-state index in [1.54, 1.807) is 17.4 Å². The summed E-state index contributed by atoms with van der Waals surface area (Å²) in [5.41, 5.74) is 3.55. The number of nitrogens with one attached hydrogen (secondary N) is 1. The number of imidazole rings is 1. The molecule has 2 N–H and O–H groups in total. The number of carboxylic acid groups (broad SMARTS) is 1. The summed E-state index contributed by atoms with van der Waals surface area (Å²) < 4.78 is 2.39. The van der Waals surface area contributed by atoms with Gasteiger partial charge in [-0.3, -0.25) is 4.79 Å². The highest BCUT2D eigenvalue weighted by molar-refractivity contribution is 7.07. The minimum Gasteiger partial charge on any atom is -0.480 e. The normalized spacial score (nSPS) is 16.5. The summed E-state index contributed by atoms with van der Waals surface area (Å²) in [6.07, 6.45) is 8.12. The Hall–Kier alpha value is -2.67. The van der Waals surface area contributed by atoms with Gasteiger partial charge in [0.2, 0.25) is 0 Å². The molecule has 0 bridgehead atoms. The van der Waals surface area contributed by atoms with Gasteiger partial charge in [-0.25, -0.2) is 9.78 Å². The van der Waals surface area contributed by atoms with Gasteiger partial charge in [-0.2, -0.15) is 11.3 Å². The van der Waals surface area contributed by atoms with Crippen molar-refractivity contribution in [1.82, 2.24) is 14.9 Å². The molecule has 0 saturated heterocycles. The number of hydrogen-bond donors (Lipinski definition) is 2. The number of thiophene rings is 1. The number of hydrogen-bond acceptors (Lipinski definition) is 4. The minimum absolute atomic E-state index is 0.222. The number of fused-ring (bicyclic) bond motifs is 1. The quantitative estimate of drug-likeness (QED) is 0.416. The Bertz CT molecular complexity index is 1100. The molecule has 0 aliphatic heterocycles. The topological polar surface area (TPSA) is 84.2 Å². The molecule has 1 saturated carbocycles. The third kappa shape index (κ3) is 5.46. The van der Waals surface area contributed by atoms with E-state index in [0.29, 0.717) is 18.0 Å². The van der Waals surface area contributed by atoms with Crippen molar-refractivity contribution in [2.24, 2.45) is 5.92 Å². The summed E-state index contributed by atoms with van der Waals surface area (Å²) in [6, 6.07) is 7.27. The van der Waals surface area contributed by atoms with Crippen LogP contribution in [-0.2, 0) is 11.2 Å². The van der Waals surface area contributed by atoms with Crippen LogP contribution in [0.4, 0.5) is 0 Å². The number of carbonyl (C=O) groups is 2. The maximum absolute atomic E-state index is 12.9.